The molecule has 0 radical (unpaired) electrons. The van der Waals surface area contributed by atoms with Crippen molar-refractivity contribution in [2.75, 3.05) is 0 Å². The molecule has 0 bridgehead atoms. The highest BCUT2D eigenvalue weighted by atomic mass is 16.6. The second-order valence-corrected chi connectivity index (χ2v) is 7.72. The second-order valence-electron chi connectivity index (χ2n) is 7.72. The van der Waals surface area contributed by atoms with E-state index in [1.54, 1.807) is 31.3 Å². The summed E-state index contributed by atoms with van der Waals surface area (Å²) in [6.45, 7) is 3.61. The van der Waals surface area contributed by atoms with E-state index in [0.29, 0.717) is 16.8 Å². The summed E-state index contributed by atoms with van der Waals surface area (Å²) in [5.74, 6) is 0. The molecule has 0 aliphatic carbocycles. The van der Waals surface area contributed by atoms with E-state index in [1.807, 2.05) is 43.5 Å². The molecule has 32 heavy (non-hydrogen) atoms. The van der Waals surface area contributed by atoms with Gasteiger partial charge in [0.1, 0.15) is 0 Å². The molecule has 0 saturated carbocycles. The lowest BCUT2D eigenvalue weighted by Crippen LogP contribution is -2.18. The van der Waals surface area contributed by atoms with E-state index in [4.69, 9.17) is 0 Å². The molecule has 0 atom stereocenters. The highest BCUT2D eigenvalue weighted by molar-refractivity contribution is 6.05. The number of pyridine rings is 3. The molecule has 2 aromatic carbocycles. The molecule has 7 nitrogen and oxygen atoms in total. The van der Waals surface area contributed by atoms with Gasteiger partial charge < -0.3 is 0 Å². The average molecular weight is 422 g/mol. The Labute approximate surface area is 182 Å². The first-order valence-corrected chi connectivity index (χ1v) is 10.1. The molecule has 0 aliphatic rings. The zero-order valence-corrected chi connectivity index (χ0v) is 17.4. The molecule has 3 aromatic heterocycles. The van der Waals surface area contributed by atoms with E-state index in [0.717, 1.165) is 33.1 Å². The highest BCUT2D eigenvalue weighted by Crippen LogP contribution is 2.30. The Bertz CT molecular complexity index is 1590. The van der Waals surface area contributed by atoms with Crippen LogP contribution in [0.25, 0.3) is 38.6 Å². The Hall–Kier alpha value is -4.39. The molecule has 0 unspecified atom stereocenters. The predicted molar refractivity (Wildman–Crippen MR) is 124 cm³/mol. The number of nitro groups is 1. The number of nitro benzene ring substituents is 1. The van der Waals surface area contributed by atoms with Crippen LogP contribution in [-0.4, -0.2) is 19.5 Å². The molecule has 0 fully saturated rings. The number of rotatable bonds is 3. The number of benzene rings is 2. The standard InChI is InChI=1S/C25H18N4O3/c1-15-3-8-20(12-23(15)29(31)32)28-24(30)10-7-19-14-27-22-9-6-17(11-21(22)25(19)28)18-5-4-16(2)26-13-18/h3-14H,1-2H3. The minimum absolute atomic E-state index is 0.0313. The topological polar surface area (TPSA) is 90.9 Å². The highest BCUT2D eigenvalue weighted by Gasteiger charge is 2.16. The molecular weight excluding hydrogens is 404 g/mol. The summed E-state index contributed by atoms with van der Waals surface area (Å²) in [6, 6.07) is 17.8. The SMILES string of the molecule is Cc1ccc(-c2ccc3ncc4ccc(=O)n(-c5ccc(C)c([N+](=O)[O-])c5)c4c3c2)cn1. The normalized spacial score (nSPS) is 11.2. The van der Waals surface area contributed by atoms with Crippen LogP contribution in [0.1, 0.15) is 11.3 Å². The molecule has 0 spiro atoms. The minimum atomic E-state index is -0.433. The van der Waals surface area contributed by atoms with Crippen LogP contribution in [0.5, 0.6) is 0 Å². The summed E-state index contributed by atoms with van der Waals surface area (Å²) >= 11 is 0. The van der Waals surface area contributed by atoms with Crippen LogP contribution in [0.3, 0.4) is 0 Å². The van der Waals surface area contributed by atoms with E-state index in [2.05, 4.69) is 9.97 Å². The fourth-order valence-corrected chi connectivity index (χ4v) is 3.92. The van der Waals surface area contributed by atoms with E-state index in [-0.39, 0.29) is 11.2 Å². The Kier molecular flexibility index (Phi) is 4.52. The first-order valence-electron chi connectivity index (χ1n) is 10.1. The second kappa shape index (κ2) is 7.39. The maximum absolute atomic E-state index is 13.0. The summed E-state index contributed by atoms with van der Waals surface area (Å²) in [5, 5.41) is 13.0. The maximum atomic E-state index is 13.0. The smallest absolute Gasteiger partial charge is 0.274 e. The molecule has 5 aromatic rings. The van der Waals surface area contributed by atoms with Gasteiger partial charge >= 0.3 is 0 Å². The lowest BCUT2D eigenvalue weighted by molar-refractivity contribution is -0.385. The molecule has 0 aliphatic heterocycles. The zero-order valence-electron chi connectivity index (χ0n) is 17.4. The first kappa shape index (κ1) is 19.6. The number of hydrogen-bond acceptors (Lipinski definition) is 5. The van der Waals surface area contributed by atoms with Crippen LogP contribution in [0.2, 0.25) is 0 Å². The van der Waals surface area contributed by atoms with Gasteiger partial charge in [-0.1, -0.05) is 18.2 Å². The van der Waals surface area contributed by atoms with Gasteiger partial charge in [-0.2, -0.15) is 0 Å². The lowest BCUT2D eigenvalue weighted by atomic mass is 10.0. The molecular formula is C25H18N4O3. The molecule has 0 amide bonds. The number of nitrogens with zero attached hydrogens (tertiary/aromatic N) is 4. The van der Waals surface area contributed by atoms with Crippen molar-refractivity contribution in [3.8, 4) is 16.8 Å². The Balaban J connectivity index is 1.85. The summed E-state index contributed by atoms with van der Waals surface area (Å²) < 4.78 is 1.52. The van der Waals surface area contributed by atoms with Gasteiger partial charge in [0.2, 0.25) is 0 Å². The van der Waals surface area contributed by atoms with E-state index in [1.165, 1.54) is 16.7 Å². The van der Waals surface area contributed by atoms with Crippen molar-refractivity contribution < 1.29 is 4.92 Å². The zero-order chi connectivity index (χ0) is 22.4. The van der Waals surface area contributed by atoms with Crippen molar-refractivity contribution in [2.45, 2.75) is 13.8 Å². The molecule has 3 heterocycles. The van der Waals surface area contributed by atoms with E-state index >= 15 is 0 Å². The summed E-state index contributed by atoms with van der Waals surface area (Å²) in [5.41, 5.74) is 4.87. The van der Waals surface area contributed by atoms with Gasteiger partial charge in [0, 0.05) is 52.1 Å². The largest absolute Gasteiger partial charge is 0.276 e. The van der Waals surface area contributed by atoms with E-state index < -0.39 is 4.92 Å². The van der Waals surface area contributed by atoms with Crippen molar-refractivity contribution in [3.05, 3.63) is 105 Å². The average Bonchev–Trinajstić information content (AvgIpc) is 2.79. The summed E-state index contributed by atoms with van der Waals surface area (Å²) in [6.07, 6.45) is 3.52. The third-order valence-corrected chi connectivity index (χ3v) is 5.61. The fourth-order valence-electron chi connectivity index (χ4n) is 3.92. The minimum Gasteiger partial charge on any atom is -0.276 e. The summed E-state index contributed by atoms with van der Waals surface area (Å²) in [7, 11) is 0. The molecule has 5 rings (SSSR count). The van der Waals surface area contributed by atoms with Crippen LogP contribution in [0, 0.1) is 24.0 Å². The van der Waals surface area contributed by atoms with Gasteiger partial charge in [0.15, 0.2) is 0 Å². The van der Waals surface area contributed by atoms with Gasteiger partial charge in [-0.25, -0.2) is 0 Å². The van der Waals surface area contributed by atoms with Crippen LogP contribution in [0.4, 0.5) is 5.69 Å². The monoisotopic (exact) mass is 422 g/mol. The van der Waals surface area contributed by atoms with Crippen molar-refractivity contribution in [1.82, 2.24) is 14.5 Å². The van der Waals surface area contributed by atoms with Crippen molar-refractivity contribution in [1.29, 1.82) is 0 Å². The molecule has 0 saturated heterocycles. The van der Waals surface area contributed by atoms with Gasteiger partial charge in [0.25, 0.3) is 11.2 Å². The lowest BCUT2D eigenvalue weighted by Gasteiger charge is -2.14. The quantitative estimate of drug-likeness (QED) is 0.228. The van der Waals surface area contributed by atoms with Crippen molar-refractivity contribution in [2.24, 2.45) is 0 Å². The van der Waals surface area contributed by atoms with Crippen LogP contribution >= 0.6 is 0 Å². The Morgan fingerprint density at radius 2 is 1.69 bits per heavy atom. The Morgan fingerprint density at radius 3 is 2.44 bits per heavy atom. The number of fused-ring (bicyclic) bond motifs is 3. The maximum Gasteiger partial charge on any atom is 0.274 e. The third kappa shape index (κ3) is 3.20. The molecule has 7 heteroatoms. The number of hydrogen-bond donors (Lipinski definition) is 0. The Morgan fingerprint density at radius 1 is 0.875 bits per heavy atom. The molecule has 0 N–H and O–H groups in total. The van der Waals surface area contributed by atoms with Crippen LogP contribution in [-0.2, 0) is 0 Å². The van der Waals surface area contributed by atoms with Gasteiger partial charge in [-0.15, -0.1) is 0 Å². The number of aromatic nitrogens is 3. The fraction of sp³-hybridized carbons (Fsp3) is 0.0800. The summed E-state index contributed by atoms with van der Waals surface area (Å²) in [4.78, 5) is 33.0. The third-order valence-electron chi connectivity index (χ3n) is 5.61. The van der Waals surface area contributed by atoms with Gasteiger partial charge in [-0.05, 0) is 49.7 Å². The van der Waals surface area contributed by atoms with Crippen molar-refractivity contribution in [3.63, 3.8) is 0 Å². The van der Waals surface area contributed by atoms with Crippen LogP contribution < -0.4 is 5.56 Å². The van der Waals surface area contributed by atoms with Gasteiger partial charge in [0.05, 0.1) is 21.6 Å². The van der Waals surface area contributed by atoms with E-state index in [9.17, 15) is 14.9 Å². The first-order chi connectivity index (χ1) is 15.4. The van der Waals surface area contributed by atoms with Crippen molar-refractivity contribution >= 4 is 27.5 Å². The van der Waals surface area contributed by atoms with Crippen LogP contribution in [0.15, 0.2) is 77.9 Å². The van der Waals surface area contributed by atoms with Gasteiger partial charge in [-0.3, -0.25) is 29.4 Å². The molecule has 156 valence electrons. The predicted octanol–water partition coefficient (Wildman–Crippen LogP) is 5.13. The number of aryl methyl sites for hydroxylation is 2.